The molecule has 3 N–H and O–H groups in total. The minimum absolute atomic E-state index is 0.0302. The number of likely N-dealkylation sites (N-methyl/N-ethyl adjacent to an activating group) is 1. The highest BCUT2D eigenvalue weighted by molar-refractivity contribution is 6.35. The Hall–Kier alpha value is -2.49. The Kier molecular flexibility index (Phi) is 8.87. The lowest BCUT2D eigenvalue weighted by Gasteiger charge is -2.32. The van der Waals surface area contributed by atoms with Crippen LogP contribution in [-0.2, 0) is 20.9 Å². The van der Waals surface area contributed by atoms with E-state index in [1.807, 2.05) is 6.92 Å². The van der Waals surface area contributed by atoms with Crippen LogP contribution in [0.3, 0.4) is 0 Å². The van der Waals surface area contributed by atoms with Crippen LogP contribution in [0.15, 0.2) is 58.8 Å². The van der Waals surface area contributed by atoms with E-state index in [2.05, 4.69) is 5.32 Å². The molecule has 1 unspecified atom stereocenters. The number of ether oxygens (including phenoxy) is 1. The molecule has 4 rings (SSSR count). The summed E-state index contributed by atoms with van der Waals surface area (Å²) in [5, 5.41) is 4.39. The van der Waals surface area contributed by atoms with Gasteiger partial charge in [0.05, 0.1) is 17.9 Å². The third-order valence-corrected chi connectivity index (χ3v) is 7.78. The quantitative estimate of drug-likeness (QED) is 0.367. The van der Waals surface area contributed by atoms with Crippen molar-refractivity contribution in [1.29, 1.82) is 0 Å². The normalized spacial score (nSPS) is 21.8. The molecule has 2 heterocycles. The molecule has 0 spiro atoms. The molecule has 8 nitrogen and oxygen atoms in total. The lowest BCUT2D eigenvalue weighted by molar-refractivity contribution is -0.646. The van der Waals surface area contributed by atoms with E-state index < -0.39 is 0 Å². The van der Waals surface area contributed by atoms with Gasteiger partial charge in [-0.1, -0.05) is 55.0 Å². The summed E-state index contributed by atoms with van der Waals surface area (Å²) in [5.41, 5.74) is 7.37. The number of nitrogens with zero attached hydrogens (tertiary/aromatic N) is 3. The summed E-state index contributed by atoms with van der Waals surface area (Å²) in [6.07, 6.45) is 12.2. The van der Waals surface area contributed by atoms with Crippen LogP contribution in [0.25, 0.3) is 0 Å². The fourth-order valence-corrected chi connectivity index (χ4v) is 5.46. The molecule has 0 aromatic heterocycles. The molecule has 0 saturated heterocycles. The predicted molar refractivity (Wildman–Crippen MR) is 145 cm³/mol. The summed E-state index contributed by atoms with van der Waals surface area (Å²) in [6, 6.07) is 5.54. The first-order valence-corrected chi connectivity index (χ1v) is 13.4. The Morgan fingerprint density at radius 3 is 2.51 bits per heavy atom. The predicted octanol–water partition coefficient (Wildman–Crippen LogP) is 4.60. The molecule has 2 aliphatic heterocycles. The monoisotopic (exact) mass is 546 g/mol. The van der Waals surface area contributed by atoms with Crippen LogP contribution >= 0.6 is 23.2 Å². The van der Waals surface area contributed by atoms with Gasteiger partial charge < -0.3 is 20.7 Å². The van der Waals surface area contributed by atoms with Crippen molar-refractivity contribution in [2.75, 3.05) is 20.1 Å². The van der Waals surface area contributed by atoms with Crippen LogP contribution in [0.2, 0.25) is 10.0 Å². The van der Waals surface area contributed by atoms with Crippen molar-refractivity contribution >= 4 is 40.9 Å². The first kappa shape index (κ1) is 27.5. The number of carbonyl (C=O) groups excluding carboxylic acids is 2. The maximum atomic E-state index is 13.8. The van der Waals surface area contributed by atoms with Crippen LogP contribution in [0.4, 0.5) is 0 Å². The van der Waals surface area contributed by atoms with Gasteiger partial charge in [0.1, 0.15) is 25.6 Å². The van der Waals surface area contributed by atoms with Gasteiger partial charge in [0.15, 0.2) is 0 Å². The SMILES string of the molecule is CC1=C[N+]2(C(=O)CNC3CCCCCC3)C=CC(N(C)C(=O)CN)=C(OCc3c(Cl)cccc3Cl)C2=N1. The van der Waals surface area contributed by atoms with Crippen LogP contribution in [-0.4, -0.2) is 53.2 Å². The number of allylic oxidation sites excluding steroid dienone is 2. The van der Waals surface area contributed by atoms with Crippen molar-refractivity contribution in [2.24, 2.45) is 10.7 Å². The highest BCUT2D eigenvalue weighted by Gasteiger charge is 2.49. The van der Waals surface area contributed by atoms with E-state index in [0.29, 0.717) is 44.6 Å². The fraction of sp³-hybridized carbons (Fsp3) is 0.444. The lowest BCUT2D eigenvalue weighted by atomic mass is 10.1. The first-order chi connectivity index (χ1) is 17.8. The van der Waals surface area contributed by atoms with Crippen LogP contribution < -0.4 is 11.1 Å². The van der Waals surface area contributed by atoms with Gasteiger partial charge in [0.25, 0.3) is 5.84 Å². The van der Waals surface area contributed by atoms with Crippen LogP contribution in [0.1, 0.15) is 51.0 Å². The van der Waals surface area contributed by atoms with E-state index in [-0.39, 0.29) is 36.0 Å². The van der Waals surface area contributed by atoms with Gasteiger partial charge in [-0.2, -0.15) is 9.48 Å². The standard InChI is InChI=1S/C27H34Cl2N5O3/c1-18-16-34(25(36)15-31-19-8-5-3-4-6-9-19)13-12-23(33(2)24(35)14-30)26(27(34)32-18)37-17-20-21(28)10-7-11-22(20)29/h7,10-13,16,19,31H,3-6,8-9,14-15,17,30H2,1-2H3/q+1. The smallest absolute Gasteiger partial charge is 0.343 e. The van der Waals surface area contributed by atoms with E-state index in [0.717, 1.165) is 12.8 Å². The second-order valence-corrected chi connectivity index (χ2v) is 10.4. The number of benzene rings is 1. The molecular weight excluding hydrogens is 513 g/mol. The number of halogens is 2. The second kappa shape index (κ2) is 11.9. The molecule has 1 atom stereocenters. The zero-order valence-corrected chi connectivity index (χ0v) is 22.8. The molecule has 2 amide bonds. The maximum absolute atomic E-state index is 13.8. The molecule has 0 radical (unpaired) electrons. The third kappa shape index (κ3) is 5.84. The molecule has 37 heavy (non-hydrogen) atoms. The average Bonchev–Trinajstić information content (AvgIpc) is 3.04. The third-order valence-electron chi connectivity index (χ3n) is 7.07. The Morgan fingerprint density at radius 2 is 1.86 bits per heavy atom. The average molecular weight is 548 g/mol. The van der Waals surface area contributed by atoms with Crippen molar-refractivity contribution < 1.29 is 18.8 Å². The number of quaternary nitrogens is 1. The van der Waals surface area contributed by atoms with E-state index in [1.54, 1.807) is 43.7 Å². The van der Waals surface area contributed by atoms with Gasteiger partial charge in [-0.15, -0.1) is 0 Å². The number of fused-ring (bicyclic) bond motifs is 1. The Morgan fingerprint density at radius 1 is 1.19 bits per heavy atom. The number of nitrogens with one attached hydrogen (secondary N) is 1. The molecule has 3 aliphatic rings. The number of rotatable bonds is 8. The van der Waals surface area contributed by atoms with Gasteiger partial charge in [0.2, 0.25) is 11.7 Å². The second-order valence-electron chi connectivity index (χ2n) is 9.62. The van der Waals surface area contributed by atoms with E-state index >= 15 is 0 Å². The molecule has 1 aromatic rings. The summed E-state index contributed by atoms with van der Waals surface area (Å²) in [6.45, 7) is 1.88. The van der Waals surface area contributed by atoms with Crippen LogP contribution in [0.5, 0.6) is 0 Å². The molecule has 10 heteroatoms. The molecule has 0 bridgehead atoms. The first-order valence-electron chi connectivity index (χ1n) is 12.7. The van der Waals surface area contributed by atoms with Gasteiger partial charge in [-0.25, -0.2) is 4.79 Å². The topological polar surface area (TPSA) is 97.0 Å². The highest BCUT2D eigenvalue weighted by atomic mass is 35.5. The number of hydrogen-bond donors (Lipinski definition) is 2. The number of hydrogen-bond acceptors (Lipinski definition) is 6. The fourth-order valence-electron chi connectivity index (χ4n) is 4.95. The number of amidine groups is 1. The maximum Gasteiger partial charge on any atom is 0.343 e. The number of carbonyl (C=O) groups is 2. The molecule has 1 aliphatic carbocycles. The van der Waals surface area contributed by atoms with Crippen molar-refractivity contribution in [1.82, 2.24) is 10.2 Å². The molecular formula is C27H34Cl2N5O3+. The van der Waals surface area contributed by atoms with E-state index in [4.69, 9.17) is 38.7 Å². The zero-order chi connectivity index (χ0) is 26.6. The Labute approximate surface area is 228 Å². The zero-order valence-electron chi connectivity index (χ0n) is 21.3. The molecule has 1 saturated carbocycles. The van der Waals surface area contributed by atoms with Gasteiger partial charge in [0, 0.05) is 34.8 Å². The highest BCUT2D eigenvalue weighted by Crippen LogP contribution is 2.35. The number of nitrogens with two attached hydrogens (primary N) is 1. The van der Waals surface area contributed by atoms with Gasteiger partial charge >= 0.3 is 5.91 Å². The molecule has 1 aromatic carbocycles. The summed E-state index contributed by atoms with van der Waals surface area (Å²) in [7, 11) is 1.62. The molecule has 1 fully saturated rings. The minimum atomic E-state index is -0.304. The van der Waals surface area contributed by atoms with Gasteiger partial charge in [-0.3, -0.25) is 4.79 Å². The molecule has 198 valence electrons. The summed E-state index contributed by atoms with van der Waals surface area (Å²) in [4.78, 5) is 32.4. The summed E-state index contributed by atoms with van der Waals surface area (Å²) in [5.74, 6) is 0.308. The van der Waals surface area contributed by atoms with Crippen molar-refractivity contribution in [3.63, 3.8) is 0 Å². The van der Waals surface area contributed by atoms with E-state index in [9.17, 15) is 9.59 Å². The lowest BCUT2D eigenvalue weighted by Crippen LogP contribution is -2.54. The summed E-state index contributed by atoms with van der Waals surface area (Å²) < 4.78 is 6.05. The number of aliphatic imine (C=N–C) groups is 1. The Balaban J connectivity index is 1.65. The van der Waals surface area contributed by atoms with Crippen molar-refractivity contribution in [2.45, 2.75) is 58.1 Å². The van der Waals surface area contributed by atoms with Crippen LogP contribution in [0, 0.1) is 0 Å². The number of amides is 2. The van der Waals surface area contributed by atoms with Gasteiger partial charge in [-0.05, 0) is 31.9 Å². The Bertz CT molecular complexity index is 1160. The van der Waals surface area contributed by atoms with Crippen molar-refractivity contribution in [3.05, 3.63) is 69.4 Å². The minimum Gasteiger partial charge on any atom is -0.480 e. The van der Waals surface area contributed by atoms with E-state index in [1.165, 1.54) is 30.6 Å². The van der Waals surface area contributed by atoms with Crippen molar-refractivity contribution in [3.8, 4) is 0 Å². The summed E-state index contributed by atoms with van der Waals surface area (Å²) >= 11 is 12.8. The largest absolute Gasteiger partial charge is 0.480 e.